The Morgan fingerprint density at radius 3 is 2.67 bits per heavy atom. The van der Waals surface area contributed by atoms with E-state index < -0.39 is 0 Å². The normalized spacial score (nSPS) is 13.1. The first-order chi connectivity index (χ1) is 7.02. The Hall–Kier alpha value is -0.250. The fraction of sp³-hybridized carbons (Fsp3) is 0.700. The predicted molar refractivity (Wildman–Crippen MR) is 64.6 cm³/mol. The van der Waals surface area contributed by atoms with E-state index in [9.17, 15) is 0 Å². The van der Waals surface area contributed by atoms with Crippen molar-refractivity contribution in [3.8, 4) is 0 Å². The first kappa shape index (κ1) is 12.8. The quantitative estimate of drug-likeness (QED) is 0.642. The SMILES string of the molecule is Cc1nn(C)c(CNCCC(C)Cl)c1Cl. The fourth-order valence-corrected chi connectivity index (χ4v) is 1.72. The summed E-state index contributed by atoms with van der Waals surface area (Å²) in [6, 6.07) is 0. The fourth-order valence-electron chi connectivity index (χ4n) is 1.38. The van der Waals surface area contributed by atoms with Gasteiger partial charge in [0.1, 0.15) is 0 Å². The molecule has 0 saturated carbocycles. The van der Waals surface area contributed by atoms with Gasteiger partial charge in [-0.15, -0.1) is 11.6 Å². The van der Waals surface area contributed by atoms with E-state index in [0.29, 0.717) is 0 Å². The van der Waals surface area contributed by atoms with Crippen molar-refractivity contribution < 1.29 is 0 Å². The Labute approximate surface area is 101 Å². The topological polar surface area (TPSA) is 29.9 Å². The van der Waals surface area contributed by atoms with E-state index in [2.05, 4.69) is 10.4 Å². The lowest BCUT2D eigenvalue weighted by Crippen LogP contribution is -2.19. The highest BCUT2D eigenvalue weighted by molar-refractivity contribution is 6.31. The predicted octanol–water partition coefficient (Wildman–Crippen LogP) is 2.49. The zero-order valence-corrected chi connectivity index (χ0v) is 10.9. The van der Waals surface area contributed by atoms with Crippen molar-refractivity contribution in [2.75, 3.05) is 6.54 Å². The van der Waals surface area contributed by atoms with Gasteiger partial charge in [-0.05, 0) is 26.8 Å². The summed E-state index contributed by atoms with van der Waals surface area (Å²) in [4.78, 5) is 0. The van der Waals surface area contributed by atoms with Crippen molar-refractivity contribution in [1.82, 2.24) is 15.1 Å². The van der Waals surface area contributed by atoms with Gasteiger partial charge in [0.05, 0.1) is 16.4 Å². The molecular formula is C10H17Cl2N3. The average Bonchev–Trinajstić information content (AvgIpc) is 2.37. The number of hydrogen-bond acceptors (Lipinski definition) is 2. The molecule has 1 aromatic heterocycles. The van der Waals surface area contributed by atoms with Crippen LogP contribution >= 0.6 is 23.2 Å². The zero-order chi connectivity index (χ0) is 11.4. The molecule has 0 aliphatic carbocycles. The van der Waals surface area contributed by atoms with E-state index in [0.717, 1.165) is 35.9 Å². The van der Waals surface area contributed by atoms with Gasteiger partial charge in [-0.3, -0.25) is 4.68 Å². The van der Waals surface area contributed by atoms with Gasteiger partial charge in [-0.25, -0.2) is 0 Å². The Morgan fingerprint density at radius 2 is 2.20 bits per heavy atom. The summed E-state index contributed by atoms with van der Waals surface area (Å²) < 4.78 is 1.81. The maximum absolute atomic E-state index is 6.11. The highest BCUT2D eigenvalue weighted by Crippen LogP contribution is 2.18. The lowest BCUT2D eigenvalue weighted by atomic mass is 10.3. The Kier molecular flexibility index (Phi) is 4.90. The minimum Gasteiger partial charge on any atom is -0.311 e. The summed E-state index contributed by atoms with van der Waals surface area (Å²) in [7, 11) is 1.90. The molecule has 86 valence electrons. The molecule has 15 heavy (non-hydrogen) atoms. The highest BCUT2D eigenvalue weighted by atomic mass is 35.5. The molecule has 3 nitrogen and oxygen atoms in total. The Morgan fingerprint density at radius 1 is 1.53 bits per heavy atom. The van der Waals surface area contributed by atoms with Gasteiger partial charge >= 0.3 is 0 Å². The summed E-state index contributed by atoms with van der Waals surface area (Å²) in [5.74, 6) is 0. The van der Waals surface area contributed by atoms with E-state index in [1.807, 2.05) is 25.6 Å². The van der Waals surface area contributed by atoms with Crippen LogP contribution in [0.2, 0.25) is 5.02 Å². The number of aryl methyl sites for hydroxylation is 2. The smallest absolute Gasteiger partial charge is 0.0860 e. The van der Waals surface area contributed by atoms with E-state index in [-0.39, 0.29) is 5.38 Å². The van der Waals surface area contributed by atoms with Crippen molar-refractivity contribution in [2.45, 2.75) is 32.2 Å². The third-order valence-corrected chi connectivity index (χ3v) is 2.98. The second-order valence-electron chi connectivity index (χ2n) is 3.72. The summed E-state index contributed by atoms with van der Waals surface area (Å²) in [5.41, 5.74) is 1.90. The van der Waals surface area contributed by atoms with Crippen LogP contribution in [0.3, 0.4) is 0 Å². The molecule has 0 aliphatic heterocycles. The van der Waals surface area contributed by atoms with Crippen LogP contribution in [0.1, 0.15) is 24.7 Å². The van der Waals surface area contributed by atoms with Gasteiger partial charge in [0.2, 0.25) is 0 Å². The van der Waals surface area contributed by atoms with Crippen LogP contribution in [0.25, 0.3) is 0 Å². The minimum atomic E-state index is 0.209. The van der Waals surface area contributed by atoms with E-state index >= 15 is 0 Å². The van der Waals surface area contributed by atoms with Gasteiger partial charge in [-0.1, -0.05) is 11.6 Å². The third-order valence-electron chi connectivity index (χ3n) is 2.27. The van der Waals surface area contributed by atoms with Crippen LogP contribution in [0.4, 0.5) is 0 Å². The summed E-state index contributed by atoms with van der Waals surface area (Å²) in [6.45, 7) is 5.53. The molecule has 1 atom stereocenters. The summed E-state index contributed by atoms with van der Waals surface area (Å²) in [5, 5.41) is 8.50. The Bertz CT molecular complexity index is 321. The molecular weight excluding hydrogens is 233 g/mol. The third kappa shape index (κ3) is 3.67. The molecule has 0 saturated heterocycles. The van der Waals surface area contributed by atoms with Gasteiger partial charge in [0, 0.05) is 19.0 Å². The summed E-state index contributed by atoms with van der Waals surface area (Å²) >= 11 is 11.9. The first-order valence-electron chi connectivity index (χ1n) is 5.05. The molecule has 1 N–H and O–H groups in total. The van der Waals surface area contributed by atoms with Crippen LogP contribution in [0.15, 0.2) is 0 Å². The summed E-state index contributed by atoms with van der Waals surface area (Å²) in [6.07, 6.45) is 0.954. The molecule has 0 amide bonds. The second kappa shape index (κ2) is 5.73. The maximum Gasteiger partial charge on any atom is 0.0860 e. The van der Waals surface area contributed by atoms with Crippen LogP contribution < -0.4 is 5.32 Å². The molecule has 1 rings (SSSR count). The van der Waals surface area contributed by atoms with Gasteiger partial charge in [0.15, 0.2) is 0 Å². The van der Waals surface area contributed by atoms with Crippen LogP contribution in [-0.2, 0) is 13.6 Å². The first-order valence-corrected chi connectivity index (χ1v) is 5.86. The molecule has 0 aromatic carbocycles. The number of aromatic nitrogens is 2. The molecule has 0 bridgehead atoms. The molecule has 1 heterocycles. The van der Waals surface area contributed by atoms with Crippen molar-refractivity contribution in [2.24, 2.45) is 7.05 Å². The molecule has 5 heteroatoms. The maximum atomic E-state index is 6.11. The molecule has 1 aromatic rings. The molecule has 0 fully saturated rings. The lowest BCUT2D eigenvalue weighted by Gasteiger charge is -2.06. The molecule has 0 radical (unpaired) electrons. The number of nitrogens with zero attached hydrogens (tertiary/aromatic N) is 2. The van der Waals surface area contributed by atoms with Crippen molar-refractivity contribution >= 4 is 23.2 Å². The zero-order valence-electron chi connectivity index (χ0n) is 9.35. The number of rotatable bonds is 5. The molecule has 0 spiro atoms. The molecule has 1 unspecified atom stereocenters. The van der Waals surface area contributed by atoms with Gasteiger partial charge in [0.25, 0.3) is 0 Å². The molecule has 0 aliphatic rings. The Balaban J connectivity index is 2.44. The standard InChI is InChI=1S/C10H17Cl2N3/c1-7(11)4-5-13-6-9-10(12)8(2)14-15(9)3/h7,13H,4-6H2,1-3H3. The second-order valence-corrected chi connectivity index (χ2v) is 4.84. The van der Waals surface area contributed by atoms with E-state index in [4.69, 9.17) is 23.2 Å². The van der Waals surface area contributed by atoms with Crippen molar-refractivity contribution in [1.29, 1.82) is 0 Å². The lowest BCUT2D eigenvalue weighted by molar-refractivity contribution is 0.604. The minimum absolute atomic E-state index is 0.209. The number of hydrogen-bond donors (Lipinski definition) is 1. The average molecular weight is 250 g/mol. The van der Waals surface area contributed by atoms with Crippen molar-refractivity contribution in [3.63, 3.8) is 0 Å². The van der Waals surface area contributed by atoms with E-state index in [1.165, 1.54) is 0 Å². The monoisotopic (exact) mass is 249 g/mol. The largest absolute Gasteiger partial charge is 0.311 e. The van der Waals surface area contributed by atoms with E-state index in [1.54, 1.807) is 0 Å². The number of nitrogens with one attached hydrogen (secondary N) is 1. The highest BCUT2D eigenvalue weighted by Gasteiger charge is 2.09. The number of alkyl halides is 1. The van der Waals surface area contributed by atoms with Gasteiger partial charge in [-0.2, -0.15) is 5.10 Å². The van der Waals surface area contributed by atoms with Crippen molar-refractivity contribution in [3.05, 3.63) is 16.4 Å². The van der Waals surface area contributed by atoms with Crippen LogP contribution in [0, 0.1) is 6.92 Å². The number of halogens is 2. The van der Waals surface area contributed by atoms with Crippen LogP contribution in [0.5, 0.6) is 0 Å². The van der Waals surface area contributed by atoms with Crippen LogP contribution in [-0.4, -0.2) is 21.7 Å². The van der Waals surface area contributed by atoms with Gasteiger partial charge < -0.3 is 5.32 Å².